The third-order valence-corrected chi connectivity index (χ3v) is 4.65. The van der Waals surface area contributed by atoms with Crippen molar-refractivity contribution in [3.63, 3.8) is 0 Å². The molecule has 24 heavy (non-hydrogen) atoms. The maximum atomic E-state index is 6.01. The third kappa shape index (κ3) is 3.21. The monoisotopic (exact) mass is 318 g/mol. The molecule has 2 heterocycles. The van der Waals surface area contributed by atoms with Gasteiger partial charge in [-0.1, -0.05) is 30.3 Å². The van der Waals surface area contributed by atoms with Crippen molar-refractivity contribution in [3.05, 3.63) is 66.4 Å². The van der Waals surface area contributed by atoms with E-state index in [1.807, 2.05) is 24.4 Å². The van der Waals surface area contributed by atoms with E-state index in [0.717, 1.165) is 16.7 Å². The standard InChI is InChI=1S/C21H22N2O/c1-2-14-23(15-3-1)19-11-9-17(10-12-19)16-24-20-8-4-6-18-7-5-13-22-21(18)20/h4-13H,1-3,14-16H2. The minimum atomic E-state index is 0.565. The fraction of sp³-hybridized carbons (Fsp3) is 0.286. The van der Waals surface area contributed by atoms with Gasteiger partial charge < -0.3 is 9.64 Å². The summed E-state index contributed by atoms with van der Waals surface area (Å²) in [5.74, 6) is 0.841. The van der Waals surface area contributed by atoms with E-state index in [0.29, 0.717) is 6.61 Å². The van der Waals surface area contributed by atoms with Crippen molar-refractivity contribution < 1.29 is 4.74 Å². The number of fused-ring (bicyclic) bond motifs is 1. The number of hydrogen-bond acceptors (Lipinski definition) is 3. The van der Waals surface area contributed by atoms with E-state index in [2.05, 4.69) is 46.3 Å². The van der Waals surface area contributed by atoms with Crippen LogP contribution in [0.25, 0.3) is 10.9 Å². The Hall–Kier alpha value is -2.55. The van der Waals surface area contributed by atoms with E-state index in [9.17, 15) is 0 Å². The highest BCUT2D eigenvalue weighted by Gasteiger charge is 2.10. The summed E-state index contributed by atoms with van der Waals surface area (Å²) in [6.07, 6.45) is 5.78. The smallest absolute Gasteiger partial charge is 0.146 e. The molecule has 0 amide bonds. The van der Waals surface area contributed by atoms with Gasteiger partial charge in [0.1, 0.15) is 17.9 Å². The molecule has 3 nitrogen and oxygen atoms in total. The lowest BCUT2D eigenvalue weighted by Crippen LogP contribution is -2.29. The zero-order chi connectivity index (χ0) is 16.2. The Morgan fingerprint density at radius 3 is 2.50 bits per heavy atom. The van der Waals surface area contributed by atoms with Crippen molar-refractivity contribution in [1.29, 1.82) is 0 Å². The molecule has 0 unspecified atom stereocenters. The zero-order valence-electron chi connectivity index (χ0n) is 13.8. The van der Waals surface area contributed by atoms with E-state index in [-0.39, 0.29) is 0 Å². The molecule has 3 aromatic rings. The van der Waals surface area contributed by atoms with Crippen molar-refractivity contribution in [1.82, 2.24) is 4.98 Å². The van der Waals surface area contributed by atoms with Gasteiger partial charge in [0.25, 0.3) is 0 Å². The van der Waals surface area contributed by atoms with E-state index < -0.39 is 0 Å². The predicted octanol–water partition coefficient (Wildman–Crippen LogP) is 4.80. The molecule has 0 bridgehead atoms. The second-order valence-corrected chi connectivity index (χ2v) is 6.33. The van der Waals surface area contributed by atoms with Crippen LogP contribution in [0.4, 0.5) is 5.69 Å². The van der Waals surface area contributed by atoms with Gasteiger partial charge in [0.05, 0.1) is 0 Å². The van der Waals surface area contributed by atoms with Gasteiger partial charge in [0.2, 0.25) is 0 Å². The van der Waals surface area contributed by atoms with Crippen LogP contribution in [0.3, 0.4) is 0 Å². The van der Waals surface area contributed by atoms with Crippen LogP contribution in [0.15, 0.2) is 60.8 Å². The number of piperidine rings is 1. The Morgan fingerprint density at radius 2 is 1.67 bits per heavy atom. The summed E-state index contributed by atoms with van der Waals surface area (Å²) < 4.78 is 6.01. The van der Waals surface area contributed by atoms with Crippen LogP contribution < -0.4 is 9.64 Å². The van der Waals surface area contributed by atoms with Crippen molar-refractivity contribution in [3.8, 4) is 5.75 Å². The zero-order valence-corrected chi connectivity index (χ0v) is 13.8. The summed E-state index contributed by atoms with van der Waals surface area (Å²) in [4.78, 5) is 6.91. The summed E-state index contributed by atoms with van der Waals surface area (Å²) in [5, 5.41) is 1.11. The molecule has 2 aromatic carbocycles. The number of anilines is 1. The SMILES string of the molecule is c1cnc2c(OCc3ccc(N4CCCCC4)cc3)cccc2c1. The molecule has 0 spiro atoms. The van der Waals surface area contributed by atoms with Crippen molar-refractivity contribution >= 4 is 16.6 Å². The van der Waals surface area contributed by atoms with Crippen LogP contribution in [0, 0.1) is 0 Å². The predicted molar refractivity (Wildman–Crippen MR) is 98.6 cm³/mol. The lowest BCUT2D eigenvalue weighted by Gasteiger charge is -2.28. The average Bonchev–Trinajstić information content (AvgIpc) is 2.67. The Balaban J connectivity index is 1.45. The van der Waals surface area contributed by atoms with E-state index in [4.69, 9.17) is 4.74 Å². The first kappa shape index (κ1) is 15.0. The normalized spacial score (nSPS) is 14.8. The lowest BCUT2D eigenvalue weighted by atomic mass is 10.1. The number of ether oxygens (including phenoxy) is 1. The Morgan fingerprint density at radius 1 is 0.875 bits per heavy atom. The van der Waals surface area contributed by atoms with Crippen molar-refractivity contribution in [2.45, 2.75) is 25.9 Å². The Bertz CT molecular complexity index is 802. The first-order valence-corrected chi connectivity index (χ1v) is 8.70. The van der Waals surface area contributed by atoms with Crippen LogP contribution >= 0.6 is 0 Å². The average molecular weight is 318 g/mol. The molecule has 1 fully saturated rings. The summed E-state index contributed by atoms with van der Waals surface area (Å²) in [7, 11) is 0. The second-order valence-electron chi connectivity index (χ2n) is 6.33. The summed E-state index contributed by atoms with van der Waals surface area (Å²) >= 11 is 0. The highest BCUT2D eigenvalue weighted by molar-refractivity contribution is 5.84. The number of rotatable bonds is 4. The molecule has 0 radical (unpaired) electrons. The Kier molecular flexibility index (Phi) is 4.32. The van der Waals surface area contributed by atoms with Crippen molar-refractivity contribution in [2.24, 2.45) is 0 Å². The largest absolute Gasteiger partial charge is 0.487 e. The topological polar surface area (TPSA) is 25.4 Å². The lowest BCUT2D eigenvalue weighted by molar-refractivity contribution is 0.309. The fourth-order valence-corrected chi connectivity index (χ4v) is 3.31. The molecule has 0 N–H and O–H groups in total. The maximum absolute atomic E-state index is 6.01. The number of benzene rings is 2. The summed E-state index contributed by atoms with van der Waals surface area (Å²) in [6, 6.07) is 18.8. The molecule has 0 aliphatic carbocycles. The van der Waals surface area contributed by atoms with Gasteiger partial charge in [-0.3, -0.25) is 4.98 Å². The molecule has 122 valence electrons. The number of pyridine rings is 1. The highest BCUT2D eigenvalue weighted by Crippen LogP contribution is 2.25. The molecule has 1 aliphatic heterocycles. The summed E-state index contributed by atoms with van der Waals surface area (Å²) in [6.45, 7) is 2.92. The van der Waals surface area contributed by atoms with Crippen molar-refractivity contribution in [2.75, 3.05) is 18.0 Å². The highest BCUT2D eigenvalue weighted by atomic mass is 16.5. The van der Waals surface area contributed by atoms with Crippen LogP contribution in [0.2, 0.25) is 0 Å². The van der Waals surface area contributed by atoms with Gasteiger partial charge in [-0.15, -0.1) is 0 Å². The number of nitrogens with zero attached hydrogens (tertiary/aromatic N) is 2. The van der Waals surface area contributed by atoms with Crippen LogP contribution in [-0.2, 0) is 6.61 Å². The van der Waals surface area contributed by atoms with Gasteiger partial charge in [-0.25, -0.2) is 0 Å². The van der Waals surface area contributed by atoms with Crippen LogP contribution in [0.5, 0.6) is 5.75 Å². The molecule has 1 saturated heterocycles. The molecule has 4 rings (SSSR count). The molecule has 1 aromatic heterocycles. The number of aromatic nitrogens is 1. The van der Waals surface area contributed by atoms with Crippen LogP contribution in [-0.4, -0.2) is 18.1 Å². The number of para-hydroxylation sites is 1. The molecule has 0 saturated carbocycles. The summed E-state index contributed by atoms with van der Waals surface area (Å²) in [5.41, 5.74) is 3.43. The Labute approximate surface area is 142 Å². The first-order chi connectivity index (χ1) is 11.9. The van der Waals surface area contributed by atoms with Gasteiger partial charge in [0, 0.05) is 30.4 Å². The molecular formula is C21H22N2O. The van der Waals surface area contributed by atoms with E-state index >= 15 is 0 Å². The molecular weight excluding hydrogens is 296 g/mol. The fourth-order valence-electron chi connectivity index (χ4n) is 3.31. The minimum absolute atomic E-state index is 0.565. The maximum Gasteiger partial charge on any atom is 0.146 e. The van der Waals surface area contributed by atoms with Gasteiger partial charge in [0.15, 0.2) is 0 Å². The van der Waals surface area contributed by atoms with E-state index in [1.54, 1.807) is 0 Å². The quantitative estimate of drug-likeness (QED) is 0.690. The minimum Gasteiger partial charge on any atom is -0.487 e. The first-order valence-electron chi connectivity index (χ1n) is 8.70. The molecule has 1 aliphatic rings. The van der Waals surface area contributed by atoms with Gasteiger partial charge in [-0.2, -0.15) is 0 Å². The third-order valence-electron chi connectivity index (χ3n) is 4.65. The molecule has 3 heteroatoms. The van der Waals surface area contributed by atoms with E-state index in [1.165, 1.54) is 43.6 Å². The second kappa shape index (κ2) is 6.91. The van der Waals surface area contributed by atoms with Crippen LogP contribution in [0.1, 0.15) is 24.8 Å². The molecule has 0 atom stereocenters. The number of hydrogen-bond donors (Lipinski definition) is 0. The van der Waals surface area contributed by atoms with Gasteiger partial charge >= 0.3 is 0 Å². The van der Waals surface area contributed by atoms with Gasteiger partial charge in [-0.05, 0) is 49.1 Å².